The number of halogens is 1. The van der Waals surface area contributed by atoms with Gasteiger partial charge in [0.25, 0.3) is 5.91 Å². The number of carbonyl (C=O) groups excluding carboxylic acids is 1. The van der Waals surface area contributed by atoms with Gasteiger partial charge in [-0.3, -0.25) is 4.79 Å². The van der Waals surface area contributed by atoms with Gasteiger partial charge in [-0.25, -0.2) is 9.18 Å². The van der Waals surface area contributed by atoms with E-state index in [0.29, 0.717) is 12.3 Å². The Bertz CT molecular complexity index is 1050. The molecule has 0 aliphatic heterocycles. The van der Waals surface area contributed by atoms with E-state index in [1.165, 1.54) is 12.1 Å². The molecule has 0 bridgehead atoms. The fraction of sp³-hybridized carbons (Fsp3) is 0.167. The van der Waals surface area contributed by atoms with Crippen LogP contribution >= 0.6 is 0 Å². The highest BCUT2D eigenvalue weighted by molar-refractivity contribution is 5.91. The molecule has 0 saturated heterocycles. The van der Waals surface area contributed by atoms with Crippen LogP contribution in [0.4, 0.5) is 4.39 Å². The average Bonchev–Trinajstić information content (AvgIpc) is 2.78. The number of para-hydroxylation sites is 1. The van der Waals surface area contributed by atoms with E-state index in [4.69, 9.17) is 9.47 Å². The summed E-state index contributed by atoms with van der Waals surface area (Å²) < 4.78 is 24.7. The summed E-state index contributed by atoms with van der Waals surface area (Å²) in [5.74, 6) is -2.37. The van der Waals surface area contributed by atoms with Gasteiger partial charge in [0.05, 0.1) is 7.11 Å². The zero-order chi connectivity index (χ0) is 22.2. The highest BCUT2D eigenvalue weighted by Crippen LogP contribution is 2.23. The zero-order valence-corrected chi connectivity index (χ0v) is 17.0. The minimum atomic E-state index is -1.33. The fourth-order valence-corrected chi connectivity index (χ4v) is 3.08. The molecule has 3 rings (SSSR count). The van der Waals surface area contributed by atoms with Crippen molar-refractivity contribution in [2.24, 2.45) is 0 Å². The topological polar surface area (TPSA) is 76.1 Å². The van der Waals surface area contributed by atoms with Gasteiger partial charge in [0, 0.05) is 13.1 Å². The number of carboxylic acids is 1. The van der Waals surface area contributed by atoms with Gasteiger partial charge >= 0.3 is 5.97 Å². The Kier molecular flexibility index (Phi) is 7.22. The number of carboxylic acid groups (broad SMARTS) is 1. The summed E-state index contributed by atoms with van der Waals surface area (Å²) in [7, 11) is 1.56. The van der Waals surface area contributed by atoms with Crippen molar-refractivity contribution in [2.45, 2.75) is 13.1 Å². The molecule has 0 radical (unpaired) electrons. The van der Waals surface area contributed by atoms with Gasteiger partial charge in [0.15, 0.2) is 18.2 Å². The minimum Gasteiger partial charge on any atom is -0.497 e. The summed E-state index contributed by atoms with van der Waals surface area (Å²) in [6, 6.07) is 20.3. The summed E-state index contributed by atoms with van der Waals surface area (Å²) in [5, 5.41) is 9.25. The molecule has 1 N–H and O–H groups in total. The molecule has 0 atom stereocenters. The van der Waals surface area contributed by atoms with Crippen molar-refractivity contribution in [3.8, 4) is 11.5 Å². The van der Waals surface area contributed by atoms with Crippen LogP contribution in [0.25, 0.3) is 0 Å². The van der Waals surface area contributed by atoms with Gasteiger partial charge in [-0.05, 0) is 35.4 Å². The first-order chi connectivity index (χ1) is 15.0. The van der Waals surface area contributed by atoms with E-state index >= 15 is 0 Å². The van der Waals surface area contributed by atoms with Crippen LogP contribution in [0.3, 0.4) is 0 Å². The van der Waals surface area contributed by atoms with Crippen molar-refractivity contribution in [1.29, 1.82) is 0 Å². The zero-order valence-electron chi connectivity index (χ0n) is 17.0. The lowest BCUT2D eigenvalue weighted by atomic mass is 10.1. The summed E-state index contributed by atoms with van der Waals surface area (Å²) >= 11 is 0. The maximum absolute atomic E-state index is 14.1. The Balaban J connectivity index is 1.80. The molecule has 0 aromatic heterocycles. The van der Waals surface area contributed by atoms with Crippen molar-refractivity contribution in [2.75, 3.05) is 13.7 Å². The largest absolute Gasteiger partial charge is 0.497 e. The fourth-order valence-electron chi connectivity index (χ4n) is 3.08. The first-order valence-electron chi connectivity index (χ1n) is 9.57. The molecule has 1 amide bonds. The quantitative estimate of drug-likeness (QED) is 0.560. The Morgan fingerprint density at radius 1 is 0.935 bits per heavy atom. The van der Waals surface area contributed by atoms with Crippen LogP contribution in [-0.4, -0.2) is 35.6 Å². The van der Waals surface area contributed by atoms with Crippen molar-refractivity contribution >= 4 is 11.9 Å². The standard InChI is InChI=1S/C24H22FNO5/c1-30-19-10-5-9-18(13-19)15-26(14-17-7-3-2-4-8-17)22(27)16-31-23-20(24(28)29)11-6-12-21(23)25/h2-13H,14-16H2,1H3,(H,28,29). The third-order valence-corrected chi connectivity index (χ3v) is 4.61. The number of amides is 1. The maximum atomic E-state index is 14.1. The third kappa shape index (κ3) is 5.82. The van der Waals surface area contributed by atoms with E-state index < -0.39 is 30.1 Å². The lowest BCUT2D eigenvalue weighted by molar-refractivity contribution is -0.134. The summed E-state index contributed by atoms with van der Waals surface area (Å²) in [6.45, 7) is 0.0820. The van der Waals surface area contributed by atoms with Gasteiger partial charge < -0.3 is 19.5 Å². The van der Waals surface area contributed by atoms with E-state index in [1.807, 2.05) is 54.6 Å². The predicted molar refractivity (Wildman–Crippen MR) is 113 cm³/mol. The number of carbonyl (C=O) groups is 2. The number of rotatable bonds is 9. The number of nitrogens with zero attached hydrogens (tertiary/aromatic N) is 1. The molecule has 7 heteroatoms. The predicted octanol–water partition coefficient (Wildman–Crippen LogP) is 4.14. The lowest BCUT2D eigenvalue weighted by Crippen LogP contribution is -2.34. The smallest absolute Gasteiger partial charge is 0.339 e. The number of benzene rings is 3. The molecule has 3 aromatic rings. The van der Waals surface area contributed by atoms with Gasteiger partial charge in [-0.1, -0.05) is 48.5 Å². The van der Waals surface area contributed by atoms with Crippen molar-refractivity contribution < 1.29 is 28.6 Å². The molecule has 0 heterocycles. The van der Waals surface area contributed by atoms with Crippen LogP contribution in [0.2, 0.25) is 0 Å². The summed E-state index contributed by atoms with van der Waals surface area (Å²) in [4.78, 5) is 25.9. The lowest BCUT2D eigenvalue weighted by Gasteiger charge is -2.23. The molecule has 0 aliphatic carbocycles. The van der Waals surface area contributed by atoms with Gasteiger partial charge in [0.1, 0.15) is 11.3 Å². The van der Waals surface area contributed by atoms with Crippen molar-refractivity contribution in [3.63, 3.8) is 0 Å². The Morgan fingerprint density at radius 2 is 1.61 bits per heavy atom. The van der Waals surface area contributed by atoms with Gasteiger partial charge in [-0.2, -0.15) is 0 Å². The molecule has 160 valence electrons. The molecule has 0 aliphatic rings. The maximum Gasteiger partial charge on any atom is 0.339 e. The molecule has 0 unspecified atom stereocenters. The molecular weight excluding hydrogens is 401 g/mol. The van der Waals surface area contributed by atoms with E-state index in [9.17, 15) is 19.1 Å². The first-order valence-corrected chi connectivity index (χ1v) is 9.57. The third-order valence-electron chi connectivity index (χ3n) is 4.61. The van der Waals surface area contributed by atoms with E-state index in [2.05, 4.69) is 0 Å². The van der Waals surface area contributed by atoms with Crippen LogP contribution in [0, 0.1) is 5.82 Å². The van der Waals surface area contributed by atoms with Gasteiger partial charge in [-0.15, -0.1) is 0 Å². The molecular formula is C24H22FNO5. The molecule has 3 aromatic carbocycles. The Labute approximate surface area is 179 Å². The monoisotopic (exact) mass is 423 g/mol. The normalized spacial score (nSPS) is 10.4. The van der Waals surface area contributed by atoms with Crippen LogP contribution in [0.5, 0.6) is 11.5 Å². The highest BCUT2D eigenvalue weighted by atomic mass is 19.1. The number of ether oxygens (including phenoxy) is 2. The SMILES string of the molecule is COc1cccc(CN(Cc2ccccc2)C(=O)COc2c(F)cccc2C(=O)O)c1. The first kappa shape index (κ1) is 21.8. The molecule has 31 heavy (non-hydrogen) atoms. The van der Waals surface area contributed by atoms with E-state index in [0.717, 1.165) is 17.2 Å². The molecule has 0 fully saturated rings. The number of methoxy groups -OCH3 is 1. The number of hydrogen-bond acceptors (Lipinski definition) is 4. The molecule has 0 spiro atoms. The highest BCUT2D eigenvalue weighted by Gasteiger charge is 2.20. The van der Waals surface area contributed by atoms with Crippen LogP contribution < -0.4 is 9.47 Å². The number of hydrogen-bond donors (Lipinski definition) is 1. The van der Waals surface area contributed by atoms with Crippen LogP contribution in [0.15, 0.2) is 72.8 Å². The molecule has 6 nitrogen and oxygen atoms in total. The van der Waals surface area contributed by atoms with Crippen LogP contribution in [-0.2, 0) is 17.9 Å². The van der Waals surface area contributed by atoms with E-state index in [1.54, 1.807) is 12.0 Å². The average molecular weight is 423 g/mol. The second kappa shape index (κ2) is 10.2. The second-order valence-corrected chi connectivity index (χ2v) is 6.80. The summed E-state index contributed by atoms with van der Waals surface area (Å²) in [6.07, 6.45) is 0. The van der Waals surface area contributed by atoms with Crippen molar-refractivity contribution in [1.82, 2.24) is 4.90 Å². The summed E-state index contributed by atoms with van der Waals surface area (Å²) in [5.41, 5.74) is 1.42. The second-order valence-electron chi connectivity index (χ2n) is 6.80. The van der Waals surface area contributed by atoms with Crippen molar-refractivity contribution in [3.05, 3.63) is 95.3 Å². The number of aromatic carboxylic acids is 1. The molecule has 0 saturated carbocycles. The van der Waals surface area contributed by atoms with E-state index in [-0.39, 0.29) is 12.1 Å². The van der Waals surface area contributed by atoms with Crippen LogP contribution in [0.1, 0.15) is 21.5 Å². The minimum absolute atomic E-state index is 0.275. The van der Waals surface area contributed by atoms with Gasteiger partial charge in [0.2, 0.25) is 0 Å². The Hall–Kier alpha value is -3.87. The Morgan fingerprint density at radius 3 is 2.32 bits per heavy atom.